The normalized spacial score (nSPS) is 14.2. The van der Waals surface area contributed by atoms with Gasteiger partial charge in [0.25, 0.3) is 5.91 Å². The fourth-order valence-corrected chi connectivity index (χ4v) is 2.01. The number of amides is 1. The van der Waals surface area contributed by atoms with Crippen molar-refractivity contribution < 1.29 is 4.79 Å². The number of carbonyl (C=O) groups is 1. The predicted octanol–water partition coefficient (Wildman–Crippen LogP) is 2.04. The van der Waals surface area contributed by atoms with Crippen LogP contribution in [0, 0.1) is 5.92 Å². The Kier molecular flexibility index (Phi) is 5.19. The molecule has 5 heteroatoms. The maximum Gasteiger partial charge on any atom is 0.271 e. The molecule has 1 heterocycles. The Hall–Kier alpha value is -1.52. The lowest BCUT2D eigenvalue weighted by Gasteiger charge is -2.18. The monoisotopic (exact) mass is 252 g/mol. The molecule has 0 fully saturated rings. The molecule has 3 N–H and O–H groups in total. The Bertz CT molecular complexity index is 400. The van der Waals surface area contributed by atoms with Gasteiger partial charge in [-0.05, 0) is 26.2 Å². The van der Waals surface area contributed by atoms with Crippen molar-refractivity contribution in [3.8, 4) is 0 Å². The highest BCUT2D eigenvalue weighted by Gasteiger charge is 2.18. The van der Waals surface area contributed by atoms with Gasteiger partial charge in [-0.15, -0.1) is 0 Å². The first-order valence-electron chi connectivity index (χ1n) is 6.61. The molecule has 0 aromatic carbocycles. The molecule has 0 aliphatic rings. The molecule has 18 heavy (non-hydrogen) atoms. The molecule has 5 nitrogen and oxygen atoms in total. The Morgan fingerprint density at radius 3 is 2.72 bits per heavy atom. The van der Waals surface area contributed by atoms with Crippen LogP contribution in [-0.2, 0) is 6.54 Å². The van der Waals surface area contributed by atoms with Gasteiger partial charge in [-0.3, -0.25) is 9.48 Å². The van der Waals surface area contributed by atoms with Gasteiger partial charge >= 0.3 is 0 Å². The van der Waals surface area contributed by atoms with Gasteiger partial charge in [-0.2, -0.15) is 5.10 Å². The second-order valence-electron chi connectivity index (χ2n) is 4.89. The summed E-state index contributed by atoms with van der Waals surface area (Å²) in [4.78, 5) is 12.1. The molecular formula is C13H24N4O. The van der Waals surface area contributed by atoms with Crippen molar-refractivity contribution in [1.82, 2.24) is 15.1 Å². The second-order valence-corrected chi connectivity index (χ2v) is 4.89. The lowest BCUT2D eigenvalue weighted by Crippen LogP contribution is -2.35. The van der Waals surface area contributed by atoms with Crippen LogP contribution in [0.5, 0.6) is 0 Å². The highest BCUT2D eigenvalue weighted by Crippen LogP contribution is 2.13. The molecule has 0 aliphatic carbocycles. The van der Waals surface area contributed by atoms with Crippen molar-refractivity contribution in [2.24, 2.45) is 5.92 Å². The predicted molar refractivity (Wildman–Crippen MR) is 73.3 cm³/mol. The number of nitrogens with two attached hydrogens (primary N) is 1. The summed E-state index contributed by atoms with van der Waals surface area (Å²) in [5.74, 6) is 0.469. The summed E-state index contributed by atoms with van der Waals surface area (Å²) < 4.78 is 1.63. The van der Waals surface area contributed by atoms with Crippen LogP contribution in [0.25, 0.3) is 0 Å². The minimum Gasteiger partial charge on any atom is -0.396 e. The van der Waals surface area contributed by atoms with Crippen LogP contribution < -0.4 is 11.1 Å². The number of hydrogen-bond donors (Lipinski definition) is 2. The first-order chi connectivity index (χ1) is 8.49. The van der Waals surface area contributed by atoms with Crippen molar-refractivity contribution >= 4 is 11.6 Å². The van der Waals surface area contributed by atoms with E-state index in [9.17, 15) is 4.79 Å². The number of nitrogens with one attached hydrogen (secondary N) is 1. The zero-order valence-corrected chi connectivity index (χ0v) is 11.7. The standard InChI is InChI=1S/C13H24N4O/c1-5-9(3)7-10(4)16-13(18)12-11(14)8-15-17(12)6-2/h8-10H,5-7,14H2,1-4H3,(H,16,18). The van der Waals surface area contributed by atoms with E-state index in [0.29, 0.717) is 23.8 Å². The summed E-state index contributed by atoms with van der Waals surface area (Å²) in [5.41, 5.74) is 6.68. The zero-order valence-electron chi connectivity index (χ0n) is 11.7. The summed E-state index contributed by atoms with van der Waals surface area (Å²) in [6.07, 6.45) is 3.62. The second kappa shape index (κ2) is 6.42. The van der Waals surface area contributed by atoms with E-state index in [0.717, 1.165) is 12.8 Å². The maximum atomic E-state index is 12.1. The van der Waals surface area contributed by atoms with Crippen LogP contribution in [0.3, 0.4) is 0 Å². The van der Waals surface area contributed by atoms with E-state index in [-0.39, 0.29) is 11.9 Å². The van der Waals surface area contributed by atoms with Crippen LogP contribution in [0.15, 0.2) is 6.20 Å². The fraction of sp³-hybridized carbons (Fsp3) is 0.692. The molecule has 1 rings (SSSR count). The molecule has 1 aromatic heterocycles. The molecule has 2 atom stereocenters. The van der Waals surface area contributed by atoms with Gasteiger partial charge in [-0.25, -0.2) is 0 Å². The fourth-order valence-electron chi connectivity index (χ4n) is 2.01. The molecule has 1 amide bonds. The SMILES string of the molecule is CCC(C)CC(C)NC(=O)c1c(N)cnn1CC. The van der Waals surface area contributed by atoms with Gasteiger partial charge in [0, 0.05) is 12.6 Å². The summed E-state index contributed by atoms with van der Waals surface area (Å²) in [6, 6.07) is 0.145. The van der Waals surface area contributed by atoms with Crippen molar-refractivity contribution in [2.45, 2.75) is 53.1 Å². The first kappa shape index (κ1) is 14.5. The van der Waals surface area contributed by atoms with Gasteiger partial charge in [0.2, 0.25) is 0 Å². The number of nitrogens with zero attached hydrogens (tertiary/aromatic N) is 2. The van der Waals surface area contributed by atoms with Crippen LogP contribution in [-0.4, -0.2) is 21.7 Å². The number of nitrogen functional groups attached to an aromatic ring is 1. The highest BCUT2D eigenvalue weighted by molar-refractivity contribution is 5.97. The lowest BCUT2D eigenvalue weighted by atomic mass is 10.0. The Labute approximate surface area is 109 Å². The van der Waals surface area contributed by atoms with Crippen LogP contribution in [0.4, 0.5) is 5.69 Å². The Balaban J connectivity index is 2.67. The molecule has 0 saturated heterocycles. The lowest BCUT2D eigenvalue weighted by molar-refractivity contribution is 0.0925. The molecule has 1 aromatic rings. The first-order valence-corrected chi connectivity index (χ1v) is 6.61. The minimum absolute atomic E-state index is 0.136. The van der Waals surface area contributed by atoms with E-state index in [1.54, 1.807) is 4.68 Å². The molecule has 102 valence electrons. The third kappa shape index (κ3) is 3.48. The largest absolute Gasteiger partial charge is 0.396 e. The molecule has 0 aliphatic heterocycles. The van der Waals surface area contributed by atoms with E-state index in [1.165, 1.54) is 6.20 Å². The van der Waals surface area contributed by atoms with Gasteiger partial charge in [0.15, 0.2) is 0 Å². The van der Waals surface area contributed by atoms with E-state index < -0.39 is 0 Å². The van der Waals surface area contributed by atoms with Gasteiger partial charge in [-0.1, -0.05) is 20.3 Å². The van der Waals surface area contributed by atoms with E-state index in [2.05, 4.69) is 24.3 Å². The van der Waals surface area contributed by atoms with E-state index in [1.807, 2.05) is 13.8 Å². The zero-order chi connectivity index (χ0) is 13.7. The van der Waals surface area contributed by atoms with Crippen molar-refractivity contribution in [1.29, 1.82) is 0 Å². The summed E-state index contributed by atoms with van der Waals surface area (Å²) >= 11 is 0. The number of aryl methyl sites for hydroxylation is 1. The van der Waals surface area contributed by atoms with Gasteiger partial charge in [0.1, 0.15) is 5.69 Å². The molecule has 0 radical (unpaired) electrons. The van der Waals surface area contributed by atoms with Crippen LogP contribution >= 0.6 is 0 Å². The molecule has 0 spiro atoms. The summed E-state index contributed by atoms with van der Waals surface area (Å²) in [6.45, 7) is 8.94. The third-order valence-electron chi connectivity index (χ3n) is 3.21. The van der Waals surface area contributed by atoms with Crippen molar-refractivity contribution in [3.63, 3.8) is 0 Å². The number of hydrogen-bond acceptors (Lipinski definition) is 3. The molecule has 0 saturated carbocycles. The van der Waals surface area contributed by atoms with E-state index in [4.69, 9.17) is 5.73 Å². The molecule has 0 bridgehead atoms. The summed E-state index contributed by atoms with van der Waals surface area (Å²) in [5, 5.41) is 7.05. The average Bonchev–Trinajstić information content (AvgIpc) is 2.69. The number of anilines is 1. The van der Waals surface area contributed by atoms with Gasteiger partial charge < -0.3 is 11.1 Å². The summed E-state index contributed by atoms with van der Waals surface area (Å²) in [7, 11) is 0. The number of aromatic nitrogens is 2. The molecular weight excluding hydrogens is 228 g/mol. The maximum absolute atomic E-state index is 12.1. The topological polar surface area (TPSA) is 72.9 Å². The minimum atomic E-state index is -0.136. The van der Waals surface area contributed by atoms with Crippen molar-refractivity contribution in [3.05, 3.63) is 11.9 Å². The average molecular weight is 252 g/mol. The van der Waals surface area contributed by atoms with Crippen LogP contribution in [0.1, 0.15) is 51.0 Å². The Morgan fingerprint density at radius 2 is 2.17 bits per heavy atom. The highest BCUT2D eigenvalue weighted by atomic mass is 16.2. The third-order valence-corrected chi connectivity index (χ3v) is 3.21. The Morgan fingerprint density at radius 1 is 1.50 bits per heavy atom. The number of rotatable bonds is 6. The van der Waals surface area contributed by atoms with Crippen molar-refractivity contribution in [2.75, 3.05) is 5.73 Å². The van der Waals surface area contributed by atoms with E-state index >= 15 is 0 Å². The number of carbonyl (C=O) groups excluding carboxylic acids is 1. The van der Waals surface area contributed by atoms with Crippen LogP contribution in [0.2, 0.25) is 0 Å². The van der Waals surface area contributed by atoms with Gasteiger partial charge in [0.05, 0.1) is 11.9 Å². The smallest absolute Gasteiger partial charge is 0.271 e. The molecule has 2 unspecified atom stereocenters. The quantitative estimate of drug-likeness (QED) is 0.813.